The van der Waals surface area contributed by atoms with Gasteiger partial charge < -0.3 is 20.5 Å². The predicted octanol–water partition coefficient (Wildman–Crippen LogP) is 1.57. The number of hydrogen-bond donors (Lipinski definition) is 3. The topological polar surface area (TPSA) is 105 Å². The molecule has 1 aromatic rings. The van der Waals surface area contributed by atoms with Crippen LogP contribution in [0.5, 0.6) is 5.75 Å². The number of unbranched alkanes of at least 4 members (excludes halogenated alkanes) is 1. The number of amides is 2. The minimum Gasteiger partial charge on any atom is -0.494 e. The van der Waals surface area contributed by atoms with Gasteiger partial charge in [0.05, 0.1) is 13.2 Å². The molecule has 0 aliphatic rings. The zero-order valence-electron chi connectivity index (χ0n) is 14.0. The number of rotatable bonds is 10. The van der Waals surface area contributed by atoms with Gasteiger partial charge in [0.25, 0.3) is 5.91 Å². The Kier molecular flexibility index (Phi) is 8.32. The van der Waals surface area contributed by atoms with Crippen LogP contribution in [0.25, 0.3) is 0 Å². The number of hydrogen-bond acceptors (Lipinski definition) is 4. The molecule has 0 saturated carbocycles. The Morgan fingerprint density at radius 1 is 1.17 bits per heavy atom. The van der Waals surface area contributed by atoms with E-state index in [2.05, 4.69) is 10.6 Å². The Hall–Kier alpha value is -2.57. The van der Waals surface area contributed by atoms with Crippen LogP contribution in [0.2, 0.25) is 0 Å². The van der Waals surface area contributed by atoms with Crippen molar-refractivity contribution in [2.45, 2.75) is 39.2 Å². The molecule has 0 radical (unpaired) electrons. The zero-order valence-corrected chi connectivity index (χ0v) is 14.0. The van der Waals surface area contributed by atoms with Crippen molar-refractivity contribution in [1.82, 2.24) is 10.6 Å². The molecule has 7 nitrogen and oxygen atoms in total. The maximum absolute atomic E-state index is 12.0. The second-order valence-electron chi connectivity index (χ2n) is 5.24. The van der Waals surface area contributed by atoms with Gasteiger partial charge in [-0.25, -0.2) is 4.79 Å². The summed E-state index contributed by atoms with van der Waals surface area (Å²) in [5.41, 5.74) is 0.395. The SMILES string of the molecule is CCCCC(NC(=O)CNC(=O)c1ccc(OCC)cc1)C(=O)O. The van der Waals surface area contributed by atoms with E-state index in [0.29, 0.717) is 30.8 Å². The van der Waals surface area contributed by atoms with E-state index in [1.807, 2.05) is 13.8 Å². The summed E-state index contributed by atoms with van der Waals surface area (Å²) >= 11 is 0. The summed E-state index contributed by atoms with van der Waals surface area (Å²) in [6.07, 6.45) is 1.91. The third-order valence-electron chi connectivity index (χ3n) is 3.32. The molecule has 1 atom stereocenters. The summed E-state index contributed by atoms with van der Waals surface area (Å²) in [7, 11) is 0. The number of carbonyl (C=O) groups is 3. The molecule has 3 N–H and O–H groups in total. The van der Waals surface area contributed by atoms with Crippen LogP contribution in [0.3, 0.4) is 0 Å². The van der Waals surface area contributed by atoms with E-state index in [9.17, 15) is 14.4 Å². The Balaban J connectivity index is 2.47. The normalized spacial score (nSPS) is 11.4. The van der Waals surface area contributed by atoms with Crippen LogP contribution in [0.1, 0.15) is 43.5 Å². The molecule has 0 aliphatic heterocycles. The minimum absolute atomic E-state index is 0.276. The van der Waals surface area contributed by atoms with Crippen molar-refractivity contribution < 1.29 is 24.2 Å². The molecule has 1 unspecified atom stereocenters. The maximum Gasteiger partial charge on any atom is 0.326 e. The van der Waals surface area contributed by atoms with Gasteiger partial charge in [0, 0.05) is 5.56 Å². The average molecular weight is 336 g/mol. The number of benzene rings is 1. The van der Waals surface area contributed by atoms with Crippen molar-refractivity contribution in [3.8, 4) is 5.75 Å². The van der Waals surface area contributed by atoms with Crippen LogP contribution in [-0.4, -0.2) is 42.1 Å². The largest absolute Gasteiger partial charge is 0.494 e. The van der Waals surface area contributed by atoms with Gasteiger partial charge in [0.1, 0.15) is 11.8 Å². The highest BCUT2D eigenvalue weighted by Gasteiger charge is 2.19. The van der Waals surface area contributed by atoms with E-state index in [1.165, 1.54) is 0 Å². The summed E-state index contributed by atoms with van der Waals surface area (Å²) in [5, 5.41) is 13.9. The van der Waals surface area contributed by atoms with Crippen LogP contribution in [0, 0.1) is 0 Å². The van der Waals surface area contributed by atoms with Crippen molar-refractivity contribution in [3.63, 3.8) is 0 Å². The van der Waals surface area contributed by atoms with E-state index in [0.717, 1.165) is 6.42 Å². The number of ether oxygens (including phenoxy) is 1. The van der Waals surface area contributed by atoms with Gasteiger partial charge in [-0.2, -0.15) is 0 Å². The highest BCUT2D eigenvalue weighted by Crippen LogP contribution is 2.11. The minimum atomic E-state index is -1.07. The Labute approximate surface area is 141 Å². The van der Waals surface area contributed by atoms with E-state index in [4.69, 9.17) is 9.84 Å². The zero-order chi connectivity index (χ0) is 17.9. The first-order chi connectivity index (χ1) is 11.5. The van der Waals surface area contributed by atoms with Crippen molar-refractivity contribution >= 4 is 17.8 Å². The second kappa shape index (κ2) is 10.3. The monoisotopic (exact) mass is 336 g/mol. The van der Waals surface area contributed by atoms with E-state index < -0.39 is 23.8 Å². The molecule has 0 spiro atoms. The summed E-state index contributed by atoms with van der Waals surface area (Å²) in [6.45, 7) is 4.07. The van der Waals surface area contributed by atoms with Crippen molar-refractivity contribution in [2.75, 3.05) is 13.2 Å². The number of nitrogens with one attached hydrogen (secondary N) is 2. The van der Waals surface area contributed by atoms with Crippen LogP contribution in [0.4, 0.5) is 0 Å². The molecular weight excluding hydrogens is 312 g/mol. The molecule has 2 amide bonds. The first-order valence-electron chi connectivity index (χ1n) is 8.01. The number of carboxylic acid groups (broad SMARTS) is 1. The van der Waals surface area contributed by atoms with Gasteiger partial charge in [-0.05, 0) is 37.6 Å². The first-order valence-corrected chi connectivity index (χ1v) is 8.01. The quantitative estimate of drug-likeness (QED) is 0.601. The standard InChI is InChI=1S/C17H24N2O5/c1-3-5-6-14(17(22)23)19-15(20)11-18-16(21)12-7-9-13(10-8-12)24-4-2/h7-10,14H,3-6,11H2,1-2H3,(H,18,21)(H,19,20)(H,22,23). The smallest absolute Gasteiger partial charge is 0.326 e. The fraction of sp³-hybridized carbons (Fsp3) is 0.471. The number of aliphatic carboxylic acids is 1. The van der Waals surface area contributed by atoms with Gasteiger partial charge in [-0.1, -0.05) is 19.8 Å². The average Bonchev–Trinajstić information content (AvgIpc) is 2.57. The molecule has 24 heavy (non-hydrogen) atoms. The summed E-state index contributed by atoms with van der Waals surface area (Å²) in [5.74, 6) is -1.35. The Morgan fingerprint density at radius 3 is 2.38 bits per heavy atom. The third-order valence-corrected chi connectivity index (χ3v) is 3.32. The summed E-state index contributed by atoms with van der Waals surface area (Å²) < 4.78 is 5.29. The Bertz CT molecular complexity index is 557. The van der Waals surface area contributed by atoms with Gasteiger partial charge >= 0.3 is 5.97 Å². The Morgan fingerprint density at radius 2 is 1.83 bits per heavy atom. The fourth-order valence-corrected chi connectivity index (χ4v) is 2.04. The summed E-state index contributed by atoms with van der Waals surface area (Å²) in [4.78, 5) is 34.8. The fourth-order valence-electron chi connectivity index (χ4n) is 2.04. The second-order valence-corrected chi connectivity index (χ2v) is 5.24. The van der Waals surface area contributed by atoms with E-state index in [1.54, 1.807) is 24.3 Å². The van der Waals surface area contributed by atoms with Crippen LogP contribution in [0.15, 0.2) is 24.3 Å². The molecule has 1 aromatic carbocycles. The molecule has 132 valence electrons. The molecule has 0 bridgehead atoms. The van der Waals surface area contributed by atoms with Crippen LogP contribution >= 0.6 is 0 Å². The molecule has 0 aliphatic carbocycles. The highest BCUT2D eigenvalue weighted by atomic mass is 16.5. The molecular formula is C17H24N2O5. The van der Waals surface area contributed by atoms with Crippen molar-refractivity contribution in [3.05, 3.63) is 29.8 Å². The lowest BCUT2D eigenvalue weighted by molar-refractivity contribution is -0.141. The molecule has 1 rings (SSSR count). The first kappa shape index (κ1) is 19.5. The molecule has 0 heterocycles. The van der Waals surface area contributed by atoms with E-state index >= 15 is 0 Å². The van der Waals surface area contributed by atoms with Gasteiger partial charge in [-0.15, -0.1) is 0 Å². The summed E-state index contributed by atoms with van der Waals surface area (Å²) in [6, 6.07) is 5.60. The predicted molar refractivity (Wildman–Crippen MR) is 89.0 cm³/mol. The highest BCUT2D eigenvalue weighted by molar-refractivity contribution is 5.96. The number of carboxylic acids is 1. The lowest BCUT2D eigenvalue weighted by Crippen LogP contribution is -2.45. The lowest BCUT2D eigenvalue weighted by Gasteiger charge is -2.14. The molecule has 7 heteroatoms. The maximum atomic E-state index is 12.0. The third kappa shape index (κ3) is 6.68. The molecule has 0 saturated heterocycles. The van der Waals surface area contributed by atoms with Crippen LogP contribution in [-0.2, 0) is 9.59 Å². The van der Waals surface area contributed by atoms with Gasteiger partial charge in [-0.3, -0.25) is 9.59 Å². The molecule has 0 aromatic heterocycles. The van der Waals surface area contributed by atoms with Crippen molar-refractivity contribution in [1.29, 1.82) is 0 Å². The van der Waals surface area contributed by atoms with Crippen molar-refractivity contribution in [2.24, 2.45) is 0 Å². The van der Waals surface area contributed by atoms with Gasteiger partial charge in [0.15, 0.2) is 0 Å². The lowest BCUT2D eigenvalue weighted by atomic mass is 10.1. The van der Waals surface area contributed by atoms with Crippen LogP contribution < -0.4 is 15.4 Å². The number of carbonyl (C=O) groups excluding carboxylic acids is 2. The van der Waals surface area contributed by atoms with E-state index in [-0.39, 0.29) is 6.54 Å². The molecule has 0 fully saturated rings. The van der Waals surface area contributed by atoms with Gasteiger partial charge in [0.2, 0.25) is 5.91 Å².